The van der Waals surface area contributed by atoms with Crippen LogP contribution in [0.5, 0.6) is 0 Å². The highest BCUT2D eigenvalue weighted by atomic mass is 16.3. The van der Waals surface area contributed by atoms with E-state index >= 15 is 0 Å². The minimum atomic E-state index is -0.428. The van der Waals surface area contributed by atoms with Gasteiger partial charge in [-0.2, -0.15) is 0 Å². The highest BCUT2D eigenvalue weighted by Gasteiger charge is 2.15. The molecule has 1 aromatic carbocycles. The van der Waals surface area contributed by atoms with Crippen molar-refractivity contribution in [3.63, 3.8) is 0 Å². The number of hydrogen-bond acceptors (Lipinski definition) is 3. The molecule has 0 aliphatic heterocycles. The SMILES string of the molecule is Nc1c[nH]c(C(=O)N[C@@H](CO)c2ccccc2)c1. The van der Waals surface area contributed by atoms with Gasteiger partial charge in [-0.15, -0.1) is 0 Å². The molecule has 0 fully saturated rings. The largest absolute Gasteiger partial charge is 0.397 e. The molecule has 0 saturated heterocycles. The summed E-state index contributed by atoms with van der Waals surface area (Å²) in [5.74, 6) is -0.297. The Hall–Kier alpha value is -2.27. The molecule has 2 rings (SSSR count). The number of hydrogen-bond donors (Lipinski definition) is 4. The summed E-state index contributed by atoms with van der Waals surface area (Å²) < 4.78 is 0. The number of rotatable bonds is 4. The van der Waals surface area contributed by atoms with Gasteiger partial charge in [-0.3, -0.25) is 4.79 Å². The van der Waals surface area contributed by atoms with E-state index in [2.05, 4.69) is 10.3 Å². The van der Waals surface area contributed by atoms with Crippen LogP contribution in [0, 0.1) is 0 Å². The first-order chi connectivity index (χ1) is 8.70. The molecule has 18 heavy (non-hydrogen) atoms. The van der Waals surface area contributed by atoms with E-state index in [0.717, 1.165) is 5.56 Å². The summed E-state index contributed by atoms with van der Waals surface area (Å²) >= 11 is 0. The van der Waals surface area contributed by atoms with Crippen LogP contribution < -0.4 is 11.1 Å². The first-order valence-corrected chi connectivity index (χ1v) is 5.61. The number of H-pyrrole nitrogens is 1. The number of carbonyl (C=O) groups excluding carboxylic acids is 1. The maximum absolute atomic E-state index is 11.9. The van der Waals surface area contributed by atoms with Gasteiger partial charge < -0.3 is 21.1 Å². The van der Waals surface area contributed by atoms with Crippen LogP contribution in [0.4, 0.5) is 5.69 Å². The number of benzene rings is 1. The Morgan fingerprint density at radius 2 is 2.11 bits per heavy atom. The standard InChI is InChI=1S/C13H15N3O2/c14-10-6-11(15-7-10)13(18)16-12(8-17)9-4-2-1-3-5-9/h1-7,12,15,17H,8,14H2,(H,16,18)/t12-/m0/s1. The van der Waals surface area contributed by atoms with Crippen molar-refractivity contribution in [2.75, 3.05) is 12.3 Å². The molecule has 5 nitrogen and oxygen atoms in total. The second-order valence-corrected chi connectivity index (χ2v) is 3.97. The number of aliphatic hydroxyl groups is 1. The van der Waals surface area contributed by atoms with Crippen molar-refractivity contribution in [2.24, 2.45) is 0 Å². The quantitative estimate of drug-likeness (QED) is 0.649. The van der Waals surface area contributed by atoms with Crippen LogP contribution in [0.3, 0.4) is 0 Å². The molecule has 0 bridgehead atoms. The Morgan fingerprint density at radius 1 is 1.39 bits per heavy atom. The molecule has 0 spiro atoms. The summed E-state index contributed by atoms with van der Waals surface area (Å²) in [7, 11) is 0. The topological polar surface area (TPSA) is 91.1 Å². The monoisotopic (exact) mass is 245 g/mol. The van der Waals surface area contributed by atoms with Crippen LogP contribution in [0.2, 0.25) is 0 Å². The Morgan fingerprint density at radius 3 is 2.67 bits per heavy atom. The van der Waals surface area contributed by atoms with Crippen LogP contribution in [-0.2, 0) is 0 Å². The van der Waals surface area contributed by atoms with E-state index in [1.165, 1.54) is 0 Å². The molecule has 1 amide bonds. The van der Waals surface area contributed by atoms with E-state index in [4.69, 9.17) is 5.73 Å². The molecule has 0 radical (unpaired) electrons. The van der Waals surface area contributed by atoms with E-state index in [1.807, 2.05) is 30.3 Å². The molecule has 2 aromatic rings. The minimum Gasteiger partial charge on any atom is -0.397 e. The third-order valence-electron chi connectivity index (χ3n) is 2.64. The number of amides is 1. The van der Waals surface area contributed by atoms with Crippen molar-refractivity contribution in [1.29, 1.82) is 0 Å². The summed E-state index contributed by atoms with van der Waals surface area (Å²) in [6, 6.07) is 10.4. The van der Waals surface area contributed by atoms with Gasteiger partial charge in [0.2, 0.25) is 0 Å². The van der Waals surface area contributed by atoms with Crippen molar-refractivity contribution >= 4 is 11.6 Å². The van der Waals surface area contributed by atoms with Gasteiger partial charge in [0.1, 0.15) is 5.69 Å². The molecule has 5 N–H and O–H groups in total. The lowest BCUT2D eigenvalue weighted by Gasteiger charge is -2.16. The molecule has 1 aromatic heterocycles. The summed E-state index contributed by atoms with van der Waals surface area (Å²) in [6.07, 6.45) is 1.55. The van der Waals surface area contributed by atoms with Crippen LogP contribution in [-0.4, -0.2) is 22.6 Å². The Kier molecular flexibility index (Phi) is 3.64. The summed E-state index contributed by atoms with van der Waals surface area (Å²) in [5, 5.41) is 12.1. The van der Waals surface area contributed by atoms with E-state index in [0.29, 0.717) is 11.4 Å². The molecule has 1 heterocycles. The lowest BCUT2D eigenvalue weighted by Crippen LogP contribution is -2.30. The molecule has 94 valence electrons. The van der Waals surface area contributed by atoms with Crippen LogP contribution in [0.1, 0.15) is 22.1 Å². The van der Waals surface area contributed by atoms with Crippen molar-refractivity contribution < 1.29 is 9.90 Å². The maximum Gasteiger partial charge on any atom is 0.268 e. The zero-order valence-electron chi connectivity index (χ0n) is 9.76. The van der Waals surface area contributed by atoms with E-state index < -0.39 is 6.04 Å². The fraction of sp³-hybridized carbons (Fsp3) is 0.154. The molecule has 0 saturated carbocycles. The number of aromatic nitrogens is 1. The number of aromatic amines is 1. The zero-order chi connectivity index (χ0) is 13.0. The number of anilines is 1. The predicted molar refractivity (Wildman–Crippen MR) is 68.9 cm³/mol. The van der Waals surface area contributed by atoms with Crippen molar-refractivity contribution in [2.45, 2.75) is 6.04 Å². The summed E-state index contributed by atoms with van der Waals surface area (Å²) in [6.45, 7) is -0.161. The smallest absolute Gasteiger partial charge is 0.268 e. The van der Waals surface area contributed by atoms with Crippen molar-refractivity contribution in [1.82, 2.24) is 10.3 Å². The van der Waals surface area contributed by atoms with Crippen LogP contribution in [0.25, 0.3) is 0 Å². The van der Waals surface area contributed by atoms with Gasteiger partial charge in [0.25, 0.3) is 5.91 Å². The third kappa shape index (κ3) is 2.70. The van der Waals surface area contributed by atoms with Gasteiger partial charge in [-0.1, -0.05) is 30.3 Å². The van der Waals surface area contributed by atoms with Crippen molar-refractivity contribution in [3.8, 4) is 0 Å². The second-order valence-electron chi connectivity index (χ2n) is 3.97. The Labute approximate surface area is 105 Å². The average Bonchev–Trinajstić information content (AvgIpc) is 2.83. The number of nitrogens with two attached hydrogens (primary N) is 1. The molecular weight excluding hydrogens is 230 g/mol. The van der Waals surface area contributed by atoms with E-state index in [9.17, 15) is 9.90 Å². The maximum atomic E-state index is 11.9. The summed E-state index contributed by atoms with van der Waals surface area (Å²) in [5.41, 5.74) is 7.26. The van der Waals surface area contributed by atoms with Crippen LogP contribution >= 0.6 is 0 Å². The van der Waals surface area contributed by atoms with E-state index in [-0.39, 0.29) is 12.5 Å². The number of nitrogen functional groups attached to an aromatic ring is 1. The van der Waals surface area contributed by atoms with Gasteiger partial charge in [-0.05, 0) is 11.6 Å². The fourth-order valence-corrected chi connectivity index (χ4v) is 1.70. The van der Waals surface area contributed by atoms with Gasteiger partial charge >= 0.3 is 0 Å². The highest BCUT2D eigenvalue weighted by molar-refractivity contribution is 5.93. The first-order valence-electron chi connectivity index (χ1n) is 5.61. The summed E-state index contributed by atoms with van der Waals surface area (Å²) in [4.78, 5) is 14.7. The van der Waals surface area contributed by atoms with Crippen molar-refractivity contribution in [3.05, 3.63) is 53.9 Å². The molecular formula is C13H15N3O2. The lowest BCUT2D eigenvalue weighted by molar-refractivity contribution is 0.0912. The molecule has 5 heteroatoms. The fourth-order valence-electron chi connectivity index (χ4n) is 1.70. The first kappa shape index (κ1) is 12.2. The molecule has 0 aliphatic rings. The molecule has 1 atom stereocenters. The number of aliphatic hydroxyl groups excluding tert-OH is 1. The Balaban J connectivity index is 2.10. The zero-order valence-corrected chi connectivity index (χ0v) is 9.76. The van der Waals surface area contributed by atoms with Gasteiger partial charge in [-0.25, -0.2) is 0 Å². The average molecular weight is 245 g/mol. The lowest BCUT2D eigenvalue weighted by atomic mass is 10.1. The molecule has 0 aliphatic carbocycles. The van der Waals surface area contributed by atoms with Crippen LogP contribution in [0.15, 0.2) is 42.6 Å². The Bertz CT molecular complexity index is 522. The number of nitrogens with one attached hydrogen (secondary N) is 2. The molecule has 0 unspecified atom stereocenters. The highest BCUT2D eigenvalue weighted by Crippen LogP contribution is 2.13. The predicted octanol–water partition coefficient (Wildman–Crippen LogP) is 1.06. The van der Waals surface area contributed by atoms with Gasteiger partial charge in [0, 0.05) is 11.9 Å². The van der Waals surface area contributed by atoms with Gasteiger partial charge in [0.05, 0.1) is 12.6 Å². The third-order valence-corrected chi connectivity index (χ3v) is 2.64. The van der Waals surface area contributed by atoms with E-state index in [1.54, 1.807) is 12.3 Å². The van der Waals surface area contributed by atoms with Gasteiger partial charge in [0.15, 0.2) is 0 Å². The number of carbonyl (C=O) groups is 1. The minimum absolute atomic E-state index is 0.161. The second kappa shape index (κ2) is 5.37. The normalized spacial score (nSPS) is 12.1.